The first kappa shape index (κ1) is 15.8. The lowest BCUT2D eigenvalue weighted by atomic mass is 10.1. The Kier molecular flexibility index (Phi) is 3.82. The highest BCUT2D eigenvalue weighted by molar-refractivity contribution is 5.78. The van der Waals surface area contributed by atoms with Gasteiger partial charge in [-0.3, -0.25) is 0 Å². The van der Waals surface area contributed by atoms with E-state index in [0.29, 0.717) is 17.0 Å². The first-order valence-electron chi connectivity index (χ1n) is 8.19. The van der Waals surface area contributed by atoms with E-state index >= 15 is 0 Å². The van der Waals surface area contributed by atoms with E-state index in [9.17, 15) is 0 Å². The summed E-state index contributed by atoms with van der Waals surface area (Å²) in [6.07, 6.45) is 3.36. The van der Waals surface area contributed by atoms with Crippen molar-refractivity contribution in [3.63, 3.8) is 0 Å². The van der Waals surface area contributed by atoms with Gasteiger partial charge in [-0.05, 0) is 55.3 Å². The van der Waals surface area contributed by atoms with Crippen molar-refractivity contribution in [2.24, 2.45) is 0 Å². The van der Waals surface area contributed by atoms with Gasteiger partial charge in [0.25, 0.3) is 0 Å². The molecule has 0 bridgehead atoms. The molecule has 0 saturated carbocycles. The molecule has 26 heavy (non-hydrogen) atoms. The van der Waals surface area contributed by atoms with E-state index in [0.717, 1.165) is 33.7 Å². The highest BCUT2D eigenvalue weighted by Crippen LogP contribution is 2.27. The summed E-state index contributed by atoms with van der Waals surface area (Å²) in [4.78, 5) is 16.6. The van der Waals surface area contributed by atoms with Crippen LogP contribution in [-0.4, -0.2) is 19.9 Å². The Hall–Kier alpha value is -3.72. The van der Waals surface area contributed by atoms with E-state index in [2.05, 4.69) is 31.3 Å². The number of nitriles is 1. The number of pyridine rings is 2. The van der Waals surface area contributed by atoms with E-state index in [1.165, 1.54) is 0 Å². The van der Waals surface area contributed by atoms with E-state index in [-0.39, 0.29) is 0 Å². The Morgan fingerprint density at radius 3 is 2.69 bits per heavy atom. The van der Waals surface area contributed by atoms with Crippen molar-refractivity contribution in [1.82, 2.24) is 19.9 Å². The van der Waals surface area contributed by atoms with Crippen molar-refractivity contribution < 1.29 is 0 Å². The van der Waals surface area contributed by atoms with Crippen LogP contribution in [0.2, 0.25) is 0 Å². The summed E-state index contributed by atoms with van der Waals surface area (Å²) in [5.41, 5.74) is 6.26. The molecule has 126 valence electrons. The SMILES string of the molecule is Cc1cnc2nc(-c3cc(Nc4ccc(C#N)cn4)ccc3C)[nH]c2c1. The summed E-state index contributed by atoms with van der Waals surface area (Å²) >= 11 is 0. The van der Waals surface area contributed by atoms with Gasteiger partial charge in [0.2, 0.25) is 0 Å². The number of rotatable bonds is 3. The topological polar surface area (TPSA) is 90.3 Å². The zero-order valence-electron chi connectivity index (χ0n) is 14.4. The van der Waals surface area contributed by atoms with Gasteiger partial charge in [0.1, 0.15) is 17.7 Å². The number of imidazole rings is 1. The average Bonchev–Trinajstić information content (AvgIpc) is 3.07. The smallest absolute Gasteiger partial charge is 0.178 e. The molecule has 0 aliphatic heterocycles. The van der Waals surface area contributed by atoms with Crippen LogP contribution in [0.3, 0.4) is 0 Å². The van der Waals surface area contributed by atoms with Gasteiger partial charge in [-0.15, -0.1) is 0 Å². The number of benzene rings is 1. The molecule has 0 aliphatic carbocycles. The Labute approximate surface area is 150 Å². The van der Waals surface area contributed by atoms with Gasteiger partial charge in [-0.25, -0.2) is 15.0 Å². The molecule has 0 unspecified atom stereocenters. The molecule has 0 saturated heterocycles. The predicted molar refractivity (Wildman–Crippen MR) is 101 cm³/mol. The third-order valence-corrected chi connectivity index (χ3v) is 4.13. The van der Waals surface area contributed by atoms with Crippen LogP contribution in [0, 0.1) is 25.2 Å². The van der Waals surface area contributed by atoms with E-state index in [4.69, 9.17) is 5.26 Å². The summed E-state index contributed by atoms with van der Waals surface area (Å²) in [6, 6.07) is 13.7. The van der Waals surface area contributed by atoms with Crippen LogP contribution >= 0.6 is 0 Å². The predicted octanol–water partition coefficient (Wildman–Crippen LogP) is 4.25. The van der Waals surface area contributed by atoms with Crippen LogP contribution in [0.1, 0.15) is 16.7 Å². The van der Waals surface area contributed by atoms with Gasteiger partial charge >= 0.3 is 0 Å². The minimum Gasteiger partial charge on any atom is -0.340 e. The first-order chi connectivity index (χ1) is 12.6. The number of hydrogen-bond donors (Lipinski definition) is 2. The molecule has 6 nitrogen and oxygen atoms in total. The number of aromatic amines is 1. The molecular formula is C20H16N6. The number of H-pyrrole nitrogens is 1. The average molecular weight is 340 g/mol. The highest BCUT2D eigenvalue weighted by Gasteiger charge is 2.10. The third kappa shape index (κ3) is 2.98. The molecule has 6 heteroatoms. The number of anilines is 2. The van der Waals surface area contributed by atoms with E-state index in [1.54, 1.807) is 18.3 Å². The maximum absolute atomic E-state index is 8.86. The van der Waals surface area contributed by atoms with Crippen LogP contribution in [0.25, 0.3) is 22.6 Å². The van der Waals surface area contributed by atoms with Crippen LogP contribution in [0.5, 0.6) is 0 Å². The van der Waals surface area contributed by atoms with E-state index < -0.39 is 0 Å². The maximum atomic E-state index is 8.86. The highest BCUT2D eigenvalue weighted by atomic mass is 15.0. The quantitative estimate of drug-likeness (QED) is 0.582. The number of nitrogens with zero attached hydrogens (tertiary/aromatic N) is 4. The first-order valence-corrected chi connectivity index (χ1v) is 8.19. The Morgan fingerprint density at radius 1 is 1.04 bits per heavy atom. The molecular weight excluding hydrogens is 324 g/mol. The van der Waals surface area contributed by atoms with Gasteiger partial charge in [0.05, 0.1) is 11.1 Å². The summed E-state index contributed by atoms with van der Waals surface area (Å²) in [6.45, 7) is 4.05. The minimum atomic E-state index is 0.533. The summed E-state index contributed by atoms with van der Waals surface area (Å²) in [5, 5.41) is 12.1. The standard InChI is InChI=1S/C20H16N6/c1-12-7-17-20(23-10-12)26-19(25-17)16-8-15(5-3-13(16)2)24-18-6-4-14(9-21)11-22-18/h3-8,10-11H,1-2H3,(H,22,24)(H,23,25,26). The lowest BCUT2D eigenvalue weighted by molar-refractivity contribution is 1.26. The number of nitrogens with one attached hydrogen (secondary N) is 2. The fourth-order valence-corrected chi connectivity index (χ4v) is 2.77. The Balaban J connectivity index is 1.69. The second-order valence-electron chi connectivity index (χ2n) is 6.17. The van der Waals surface area contributed by atoms with Crippen LogP contribution < -0.4 is 5.32 Å². The fraction of sp³-hybridized carbons (Fsp3) is 0.100. The van der Waals surface area contributed by atoms with Crippen LogP contribution in [0.4, 0.5) is 11.5 Å². The van der Waals surface area contributed by atoms with Gasteiger partial charge in [-0.1, -0.05) is 6.07 Å². The van der Waals surface area contributed by atoms with Gasteiger partial charge in [0, 0.05) is 23.6 Å². The van der Waals surface area contributed by atoms with Crippen LogP contribution in [0.15, 0.2) is 48.8 Å². The molecule has 1 aromatic carbocycles. The third-order valence-electron chi connectivity index (χ3n) is 4.13. The molecule has 0 radical (unpaired) electrons. The van der Waals surface area contributed by atoms with Crippen LogP contribution in [-0.2, 0) is 0 Å². The lowest BCUT2D eigenvalue weighted by Gasteiger charge is -2.09. The number of aromatic nitrogens is 4. The molecule has 3 heterocycles. The zero-order valence-corrected chi connectivity index (χ0v) is 14.4. The number of hydrogen-bond acceptors (Lipinski definition) is 5. The molecule has 0 spiro atoms. The van der Waals surface area contributed by atoms with Crippen molar-refractivity contribution in [3.8, 4) is 17.5 Å². The van der Waals surface area contributed by atoms with Gasteiger partial charge < -0.3 is 10.3 Å². The fourth-order valence-electron chi connectivity index (χ4n) is 2.77. The second-order valence-corrected chi connectivity index (χ2v) is 6.17. The summed E-state index contributed by atoms with van der Waals surface area (Å²) in [7, 11) is 0. The molecule has 0 aliphatic rings. The molecule has 3 aromatic heterocycles. The summed E-state index contributed by atoms with van der Waals surface area (Å²) in [5.74, 6) is 1.47. The van der Waals surface area contributed by atoms with Crippen molar-refractivity contribution in [3.05, 3.63) is 65.5 Å². The van der Waals surface area contributed by atoms with Crippen molar-refractivity contribution in [1.29, 1.82) is 5.26 Å². The molecule has 4 aromatic rings. The lowest BCUT2D eigenvalue weighted by Crippen LogP contribution is -1.95. The number of fused-ring (bicyclic) bond motifs is 1. The van der Waals surface area contributed by atoms with E-state index in [1.807, 2.05) is 44.3 Å². The normalized spacial score (nSPS) is 10.7. The summed E-state index contributed by atoms with van der Waals surface area (Å²) < 4.78 is 0. The molecule has 0 fully saturated rings. The molecule has 2 N–H and O–H groups in total. The maximum Gasteiger partial charge on any atom is 0.178 e. The Bertz CT molecular complexity index is 1140. The van der Waals surface area contributed by atoms with Crippen molar-refractivity contribution in [2.45, 2.75) is 13.8 Å². The molecule has 0 amide bonds. The molecule has 0 atom stereocenters. The zero-order chi connectivity index (χ0) is 18.1. The monoisotopic (exact) mass is 340 g/mol. The van der Waals surface area contributed by atoms with Crippen molar-refractivity contribution >= 4 is 22.7 Å². The van der Waals surface area contributed by atoms with Gasteiger partial charge in [-0.2, -0.15) is 5.26 Å². The largest absolute Gasteiger partial charge is 0.340 e. The van der Waals surface area contributed by atoms with Gasteiger partial charge in [0.15, 0.2) is 5.65 Å². The molecule has 4 rings (SSSR count). The minimum absolute atomic E-state index is 0.533. The second kappa shape index (κ2) is 6.30. The van der Waals surface area contributed by atoms with Crippen molar-refractivity contribution in [2.75, 3.05) is 5.32 Å². The Morgan fingerprint density at radius 2 is 1.92 bits per heavy atom. The number of aryl methyl sites for hydroxylation is 2.